The maximum atomic E-state index is 13.6. The van der Waals surface area contributed by atoms with Gasteiger partial charge < -0.3 is 5.32 Å². The second kappa shape index (κ2) is 8.29. The van der Waals surface area contributed by atoms with Crippen LogP contribution >= 0.6 is 0 Å². The number of carbonyl (C=O) groups is 1. The molecule has 0 radical (unpaired) electrons. The van der Waals surface area contributed by atoms with Gasteiger partial charge in [0.1, 0.15) is 5.82 Å². The van der Waals surface area contributed by atoms with Gasteiger partial charge in [-0.05, 0) is 30.7 Å². The van der Waals surface area contributed by atoms with E-state index >= 15 is 0 Å². The number of para-hydroxylation sites is 1. The number of halogens is 1. The van der Waals surface area contributed by atoms with Crippen molar-refractivity contribution in [2.24, 2.45) is 0 Å². The molecule has 0 spiro atoms. The average Bonchev–Trinajstić information content (AvgIpc) is 2.51. The van der Waals surface area contributed by atoms with E-state index in [1.165, 1.54) is 6.07 Å². The van der Waals surface area contributed by atoms with Crippen molar-refractivity contribution in [2.45, 2.75) is 19.9 Å². The highest BCUT2D eigenvalue weighted by Crippen LogP contribution is 2.12. The van der Waals surface area contributed by atoms with Crippen LogP contribution < -0.4 is 5.32 Å². The maximum Gasteiger partial charge on any atom is 0.238 e. The van der Waals surface area contributed by atoms with E-state index in [4.69, 9.17) is 0 Å². The Balaban J connectivity index is 1.95. The molecule has 0 aliphatic carbocycles. The predicted octanol–water partition coefficient (Wildman–Crippen LogP) is 3.68. The molecule has 2 aromatic rings. The highest BCUT2D eigenvalue weighted by Gasteiger charge is 2.12. The first-order valence-corrected chi connectivity index (χ1v) is 7.49. The molecule has 2 aromatic carbocycles. The van der Waals surface area contributed by atoms with Crippen LogP contribution in [0.1, 0.15) is 18.9 Å². The van der Waals surface area contributed by atoms with Gasteiger partial charge >= 0.3 is 0 Å². The Kier molecular flexibility index (Phi) is 6.10. The lowest BCUT2D eigenvalue weighted by Crippen LogP contribution is -2.33. The summed E-state index contributed by atoms with van der Waals surface area (Å²) in [7, 11) is 0. The monoisotopic (exact) mass is 300 g/mol. The van der Waals surface area contributed by atoms with Gasteiger partial charge in [0.2, 0.25) is 5.91 Å². The van der Waals surface area contributed by atoms with Crippen molar-refractivity contribution in [2.75, 3.05) is 18.4 Å². The van der Waals surface area contributed by atoms with Gasteiger partial charge in [-0.3, -0.25) is 9.69 Å². The lowest BCUT2D eigenvalue weighted by Gasteiger charge is -2.21. The van der Waals surface area contributed by atoms with Gasteiger partial charge in [0.05, 0.1) is 12.2 Å². The first kappa shape index (κ1) is 16.2. The summed E-state index contributed by atoms with van der Waals surface area (Å²) < 4.78 is 13.6. The van der Waals surface area contributed by atoms with Crippen molar-refractivity contribution in [1.29, 1.82) is 0 Å². The van der Waals surface area contributed by atoms with Crippen LogP contribution in [0.3, 0.4) is 0 Å². The maximum absolute atomic E-state index is 13.6. The van der Waals surface area contributed by atoms with Gasteiger partial charge in [0.15, 0.2) is 0 Å². The number of nitrogens with zero attached hydrogens (tertiary/aromatic N) is 1. The molecular formula is C18H21FN2O. The summed E-state index contributed by atoms with van der Waals surface area (Å²) in [6.45, 7) is 3.85. The number of amides is 1. The van der Waals surface area contributed by atoms with E-state index in [9.17, 15) is 9.18 Å². The van der Waals surface area contributed by atoms with Gasteiger partial charge in [0, 0.05) is 6.54 Å². The number of nitrogens with one attached hydrogen (secondary N) is 1. The van der Waals surface area contributed by atoms with Crippen LogP contribution in [0.25, 0.3) is 0 Å². The number of carbonyl (C=O) groups excluding carboxylic acids is 1. The van der Waals surface area contributed by atoms with Crippen LogP contribution in [0.5, 0.6) is 0 Å². The minimum absolute atomic E-state index is 0.200. The van der Waals surface area contributed by atoms with Crippen LogP contribution in [0.4, 0.5) is 10.1 Å². The van der Waals surface area contributed by atoms with E-state index in [0.717, 1.165) is 18.5 Å². The van der Waals surface area contributed by atoms with Crippen LogP contribution in [-0.2, 0) is 11.3 Å². The second-order valence-electron chi connectivity index (χ2n) is 5.22. The van der Waals surface area contributed by atoms with Crippen LogP contribution in [0.15, 0.2) is 54.6 Å². The fourth-order valence-electron chi connectivity index (χ4n) is 2.33. The van der Waals surface area contributed by atoms with E-state index in [1.54, 1.807) is 18.2 Å². The molecule has 0 heterocycles. The summed E-state index contributed by atoms with van der Waals surface area (Å²) in [5, 5.41) is 2.63. The second-order valence-corrected chi connectivity index (χ2v) is 5.22. The summed E-state index contributed by atoms with van der Waals surface area (Å²) in [5.41, 5.74) is 1.39. The molecule has 1 amide bonds. The van der Waals surface area contributed by atoms with Crippen molar-refractivity contribution < 1.29 is 9.18 Å². The first-order valence-electron chi connectivity index (χ1n) is 7.49. The third-order valence-electron chi connectivity index (χ3n) is 3.30. The normalized spacial score (nSPS) is 10.7. The molecule has 22 heavy (non-hydrogen) atoms. The number of benzene rings is 2. The Morgan fingerprint density at radius 1 is 1.09 bits per heavy atom. The molecule has 0 atom stereocenters. The van der Waals surface area contributed by atoms with Gasteiger partial charge in [-0.15, -0.1) is 0 Å². The number of rotatable bonds is 7. The van der Waals surface area contributed by atoms with E-state index in [1.807, 2.05) is 30.3 Å². The highest BCUT2D eigenvalue weighted by atomic mass is 19.1. The Morgan fingerprint density at radius 2 is 1.77 bits per heavy atom. The van der Waals surface area contributed by atoms with Crippen molar-refractivity contribution in [3.63, 3.8) is 0 Å². The van der Waals surface area contributed by atoms with Crippen molar-refractivity contribution >= 4 is 11.6 Å². The summed E-state index contributed by atoms with van der Waals surface area (Å²) in [6, 6.07) is 16.2. The zero-order chi connectivity index (χ0) is 15.8. The molecular weight excluding hydrogens is 279 g/mol. The lowest BCUT2D eigenvalue weighted by molar-refractivity contribution is -0.117. The number of hydrogen-bond acceptors (Lipinski definition) is 2. The molecule has 0 saturated heterocycles. The predicted molar refractivity (Wildman–Crippen MR) is 87.0 cm³/mol. The highest BCUT2D eigenvalue weighted by molar-refractivity contribution is 5.92. The molecule has 2 rings (SSSR count). The first-order chi connectivity index (χ1) is 10.7. The fraction of sp³-hybridized carbons (Fsp3) is 0.278. The van der Waals surface area contributed by atoms with E-state index in [2.05, 4.69) is 17.1 Å². The Hall–Kier alpha value is -2.20. The third kappa shape index (κ3) is 4.97. The minimum atomic E-state index is -0.416. The average molecular weight is 300 g/mol. The molecule has 3 nitrogen and oxygen atoms in total. The fourth-order valence-corrected chi connectivity index (χ4v) is 2.33. The van der Waals surface area contributed by atoms with Crippen LogP contribution in [-0.4, -0.2) is 23.9 Å². The molecule has 0 unspecified atom stereocenters. The number of anilines is 1. The summed E-state index contributed by atoms with van der Waals surface area (Å²) >= 11 is 0. The largest absolute Gasteiger partial charge is 0.322 e. The zero-order valence-electron chi connectivity index (χ0n) is 12.8. The standard InChI is InChI=1S/C18H21FN2O/c1-2-12-21(13-15-8-4-3-5-9-15)14-18(22)20-17-11-7-6-10-16(17)19/h3-11H,2,12-14H2,1H3,(H,20,22). The third-order valence-corrected chi connectivity index (χ3v) is 3.30. The molecule has 0 aliphatic rings. The lowest BCUT2D eigenvalue weighted by atomic mass is 10.2. The Morgan fingerprint density at radius 3 is 2.45 bits per heavy atom. The van der Waals surface area contributed by atoms with E-state index in [0.29, 0.717) is 6.54 Å². The molecule has 0 aliphatic heterocycles. The van der Waals surface area contributed by atoms with Crippen LogP contribution in [0.2, 0.25) is 0 Å². The Bertz CT molecular complexity index is 601. The van der Waals surface area contributed by atoms with Crippen molar-refractivity contribution in [3.8, 4) is 0 Å². The molecule has 0 fully saturated rings. The topological polar surface area (TPSA) is 32.3 Å². The summed E-state index contributed by atoms with van der Waals surface area (Å²) in [4.78, 5) is 14.2. The van der Waals surface area contributed by atoms with Gasteiger partial charge in [-0.25, -0.2) is 4.39 Å². The van der Waals surface area contributed by atoms with Crippen LogP contribution in [0, 0.1) is 5.82 Å². The summed E-state index contributed by atoms with van der Waals surface area (Å²) in [5.74, 6) is -0.615. The molecule has 0 bridgehead atoms. The number of hydrogen-bond donors (Lipinski definition) is 1. The SMILES string of the molecule is CCCN(CC(=O)Nc1ccccc1F)Cc1ccccc1. The molecule has 0 aromatic heterocycles. The van der Waals surface area contributed by atoms with Gasteiger partial charge in [0.25, 0.3) is 0 Å². The van der Waals surface area contributed by atoms with Gasteiger partial charge in [-0.1, -0.05) is 49.4 Å². The Labute approximate surface area is 130 Å². The molecule has 4 heteroatoms. The zero-order valence-corrected chi connectivity index (χ0v) is 12.8. The van der Waals surface area contributed by atoms with Crippen molar-refractivity contribution in [1.82, 2.24) is 4.90 Å². The van der Waals surface area contributed by atoms with Crippen molar-refractivity contribution in [3.05, 3.63) is 66.0 Å². The molecule has 1 N–H and O–H groups in total. The smallest absolute Gasteiger partial charge is 0.238 e. The quantitative estimate of drug-likeness (QED) is 0.846. The van der Waals surface area contributed by atoms with E-state index < -0.39 is 5.82 Å². The molecule has 0 saturated carbocycles. The van der Waals surface area contributed by atoms with Gasteiger partial charge in [-0.2, -0.15) is 0 Å². The van der Waals surface area contributed by atoms with E-state index in [-0.39, 0.29) is 18.1 Å². The minimum Gasteiger partial charge on any atom is -0.322 e. The molecule has 116 valence electrons. The summed E-state index contributed by atoms with van der Waals surface area (Å²) in [6.07, 6.45) is 0.958.